The second-order valence-corrected chi connectivity index (χ2v) is 7.91. The summed E-state index contributed by atoms with van der Waals surface area (Å²) in [6.45, 7) is 5.62. The van der Waals surface area contributed by atoms with Gasteiger partial charge < -0.3 is 32.0 Å². The van der Waals surface area contributed by atoms with E-state index in [1.54, 1.807) is 6.20 Å². The molecule has 0 saturated heterocycles. The van der Waals surface area contributed by atoms with E-state index in [0.717, 1.165) is 16.5 Å². The van der Waals surface area contributed by atoms with E-state index in [9.17, 15) is 24.0 Å². The third kappa shape index (κ3) is 7.06. The quantitative estimate of drug-likeness (QED) is 0.273. The Kier molecular flexibility index (Phi) is 8.55. The molecule has 0 aliphatic heterocycles. The molecular weight excluding hydrogens is 428 g/mol. The first-order valence-electron chi connectivity index (χ1n) is 10.5. The van der Waals surface area contributed by atoms with Crippen LogP contribution >= 0.6 is 0 Å². The molecule has 0 aliphatic carbocycles. The van der Waals surface area contributed by atoms with Crippen LogP contribution in [0.4, 0.5) is 0 Å². The number of H-pyrrole nitrogens is 1. The Morgan fingerprint density at radius 1 is 0.848 bits per heavy atom. The zero-order valence-corrected chi connectivity index (χ0v) is 19.0. The Morgan fingerprint density at radius 3 is 1.97 bits per heavy atom. The molecule has 1 heterocycles. The Labute approximate surface area is 191 Å². The van der Waals surface area contributed by atoms with Crippen LogP contribution < -0.4 is 27.0 Å². The van der Waals surface area contributed by atoms with Crippen molar-refractivity contribution in [3.8, 4) is 0 Å². The summed E-state index contributed by atoms with van der Waals surface area (Å²) in [6.07, 6.45) is 1.99. The second kappa shape index (κ2) is 11.1. The predicted molar refractivity (Wildman–Crippen MR) is 122 cm³/mol. The molecule has 0 fully saturated rings. The molecule has 11 nitrogen and oxygen atoms in total. The van der Waals surface area contributed by atoms with Crippen LogP contribution in [0.15, 0.2) is 30.5 Å². The minimum absolute atomic E-state index is 0.216. The number of para-hydroxylation sites is 1. The number of fused-ring (bicyclic) bond motifs is 1. The molecule has 7 N–H and O–H groups in total. The number of aromatic amines is 1. The average molecular weight is 459 g/mol. The molecular formula is C22H30N6O5. The number of nitrogens with two attached hydrogens (primary N) is 1. The van der Waals surface area contributed by atoms with Gasteiger partial charge in [0.2, 0.25) is 29.5 Å². The van der Waals surface area contributed by atoms with Gasteiger partial charge in [-0.25, -0.2) is 0 Å². The molecule has 0 spiro atoms. The molecule has 11 heteroatoms. The maximum Gasteiger partial charge on any atom is 0.243 e. The van der Waals surface area contributed by atoms with E-state index in [1.807, 2.05) is 24.3 Å². The van der Waals surface area contributed by atoms with E-state index in [-0.39, 0.29) is 12.3 Å². The third-order valence-electron chi connectivity index (χ3n) is 5.08. The maximum absolute atomic E-state index is 12.8. The Hall–Kier alpha value is -3.89. The largest absolute Gasteiger partial charge is 0.368 e. The first-order valence-corrected chi connectivity index (χ1v) is 10.5. The van der Waals surface area contributed by atoms with E-state index in [0.29, 0.717) is 0 Å². The van der Waals surface area contributed by atoms with E-state index < -0.39 is 47.8 Å². The number of benzene rings is 1. The van der Waals surface area contributed by atoms with Gasteiger partial charge in [-0.1, -0.05) is 18.2 Å². The van der Waals surface area contributed by atoms with Crippen LogP contribution in [0.1, 0.15) is 33.3 Å². The van der Waals surface area contributed by atoms with Gasteiger partial charge in [-0.2, -0.15) is 0 Å². The minimum atomic E-state index is -0.986. The molecule has 0 aliphatic rings. The van der Waals surface area contributed by atoms with Crippen LogP contribution in [0, 0.1) is 0 Å². The smallest absolute Gasteiger partial charge is 0.243 e. The van der Waals surface area contributed by atoms with E-state index in [2.05, 4.69) is 26.3 Å². The minimum Gasteiger partial charge on any atom is -0.368 e. The van der Waals surface area contributed by atoms with Crippen LogP contribution in [0.3, 0.4) is 0 Å². The standard InChI is InChI=1S/C22H30N6O5/c1-11(19(23)30)25-20(31)12(2)26-21(32)13(3)27-22(33)18(28-14(4)29)9-15-10-24-17-8-6-5-7-16(15)17/h5-8,10-13,18,24H,9H2,1-4H3,(H2,23,30)(H,25,31)(H,26,32)(H,27,33)(H,28,29)/t11-,12-,13-,18-/m0/s1. The topological polar surface area (TPSA) is 175 Å². The van der Waals surface area contributed by atoms with Gasteiger partial charge in [-0.3, -0.25) is 24.0 Å². The van der Waals surface area contributed by atoms with Crippen LogP contribution in [0.25, 0.3) is 10.9 Å². The highest BCUT2D eigenvalue weighted by molar-refractivity contribution is 5.95. The van der Waals surface area contributed by atoms with Crippen LogP contribution in [0.5, 0.6) is 0 Å². The summed E-state index contributed by atoms with van der Waals surface area (Å²) < 4.78 is 0. The predicted octanol–water partition coefficient (Wildman–Crippen LogP) is -0.785. The highest BCUT2D eigenvalue weighted by Crippen LogP contribution is 2.19. The summed E-state index contributed by atoms with van der Waals surface area (Å²) >= 11 is 0. The number of hydrogen-bond donors (Lipinski definition) is 6. The number of carbonyl (C=O) groups excluding carboxylic acids is 5. The fourth-order valence-corrected chi connectivity index (χ4v) is 3.17. The lowest BCUT2D eigenvalue weighted by atomic mass is 10.0. The van der Waals surface area contributed by atoms with Gasteiger partial charge in [-0.15, -0.1) is 0 Å². The normalized spacial score (nSPS) is 14.4. The first kappa shape index (κ1) is 25.4. The number of hydrogen-bond acceptors (Lipinski definition) is 5. The summed E-state index contributed by atoms with van der Waals surface area (Å²) in [5, 5.41) is 11.0. The number of nitrogens with one attached hydrogen (secondary N) is 5. The maximum atomic E-state index is 12.8. The molecule has 4 atom stereocenters. The van der Waals surface area contributed by atoms with Crippen molar-refractivity contribution >= 4 is 40.4 Å². The summed E-state index contributed by atoms with van der Waals surface area (Å²) in [7, 11) is 0. The summed E-state index contributed by atoms with van der Waals surface area (Å²) in [4.78, 5) is 63.3. The Morgan fingerprint density at radius 2 is 1.39 bits per heavy atom. The number of carbonyl (C=O) groups is 5. The van der Waals surface area contributed by atoms with Crippen LogP contribution in [-0.4, -0.2) is 58.7 Å². The molecule has 0 saturated carbocycles. The number of aromatic nitrogens is 1. The Bertz CT molecular complexity index is 1050. The molecule has 2 rings (SSSR count). The van der Waals surface area contributed by atoms with Gasteiger partial charge >= 0.3 is 0 Å². The molecule has 2 aromatic rings. The number of primary amides is 1. The zero-order chi connectivity index (χ0) is 24.7. The van der Waals surface area contributed by atoms with Gasteiger partial charge in [0.25, 0.3) is 0 Å². The highest BCUT2D eigenvalue weighted by Gasteiger charge is 2.27. The molecule has 0 unspecified atom stereocenters. The molecule has 1 aromatic heterocycles. The summed E-state index contributed by atoms with van der Waals surface area (Å²) in [6, 6.07) is 3.83. The lowest BCUT2D eigenvalue weighted by Gasteiger charge is -2.22. The molecule has 5 amide bonds. The average Bonchev–Trinajstić information content (AvgIpc) is 3.15. The second-order valence-electron chi connectivity index (χ2n) is 7.91. The van der Waals surface area contributed by atoms with Crippen molar-refractivity contribution in [2.24, 2.45) is 5.73 Å². The van der Waals surface area contributed by atoms with E-state index in [4.69, 9.17) is 5.73 Å². The molecule has 33 heavy (non-hydrogen) atoms. The number of rotatable bonds is 10. The van der Waals surface area contributed by atoms with Crippen molar-refractivity contribution in [1.29, 1.82) is 0 Å². The molecule has 0 radical (unpaired) electrons. The van der Waals surface area contributed by atoms with Crippen molar-refractivity contribution in [2.75, 3.05) is 0 Å². The molecule has 178 valence electrons. The van der Waals surface area contributed by atoms with Crippen molar-refractivity contribution in [3.63, 3.8) is 0 Å². The first-order chi connectivity index (χ1) is 15.5. The number of amides is 5. The fourth-order valence-electron chi connectivity index (χ4n) is 3.17. The lowest BCUT2D eigenvalue weighted by molar-refractivity contribution is -0.133. The summed E-state index contributed by atoms with van der Waals surface area (Å²) in [5.41, 5.74) is 6.85. The van der Waals surface area contributed by atoms with Crippen molar-refractivity contribution in [1.82, 2.24) is 26.3 Å². The van der Waals surface area contributed by atoms with Gasteiger partial charge in [0, 0.05) is 30.4 Å². The van der Waals surface area contributed by atoms with E-state index >= 15 is 0 Å². The fraction of sp³-hybridized carbons (Fsp3) is 0.409. The van der Waals surface area contributed by atoms with Gasteiger partial charge in [0.15, 0.2) is 0 Å². The Balaban J connectivity index is 2.01. The molecule has 1 aromatic carbocycles. The highest BCUT2D eigenvalue weighted by atomic mass is 16.2. The van der Waals surface area contributed by atoms with Gasteiger partial charge in [0.1, 0.15) is 24.2 Å². The molecule has 0 bridgehead atoms. The van der Waals surface area contributed by atoms with Crippen LogP contribution in [0.2, 0.25) is 0 Å². The third-order valence-corrected chi connectivity index (χ3v) is 5.08. The van der Waals surface area contributed by atoms with Crippen molar-refractivity contribution in [3.05, 3.63) is 36.0 Å². The lowest BCUT2D eigenvalue weighted by Crippen LogP contribution is -2.56. The monoisotopic (exact) mass is 458 g/mol. The van der Waals surface area contributed by atoms with Gasteiger partial charge in [0.05, 0.1) is 0 Å². The van der Waals surface area contributed by atoms with Crippen LogP contribution in [-0.2, 0) is 30.4 Å². The van der Waals surface area contributed by atoms with Gasteiger partial charge in [-0.05, 0) is 32.4 Å². The van der Waals surface area contributed by atoms with Crippen molar-refractivity contribution in [2.45, 2.75) is 58.3 Å². The van der Waals surface area contributed by atoms with E-state index in [1.165, 1.54) is 27.7 Å². The van der Waals surface area contributed by atoms with Crippen molar-refractivity contribution < 1.29 is 24.0 Å². The SMILES string of the molecule is CC(=O)N[C@@H](Cc1c[nH]c2ccccc12)C(=O)N[C@@H](C)C(=O)N[C@@H](C)C(=O)N[C@@H](C)C(N)=O. The zero-order valence-electron chi connectivity index (χ0n) is 19.0. The summed E-state index contributed by atoms with van der Waals surface area (Å²) in [5.74, 6) is -2.84.